The number of nitrogens with zero attached hydrogens (tertiary/aromatic N) is 3. The van der Waals surface area contributed by atoms with Crippen LogP contribution in [0.2, 0.25) is 0 Å². The molecular weight excluding hydrogens is 338 g/mol. The van der Waals surface area contributed by atoms with Crippen LogP contribution in [0, 0.1) is 0 Å². The van der Waals surface area contributed by atoms with Crippen molar-refractivity contribution in [2.45, 2.75) is 48.7 Å². The van der Waals surface area contributed by atoms with Crippen molar-refractivity contribution in [3.05, 3.63) is 0 Å². The SMILES string of the molecule is CCC(=O)N(c1nnc(S[C@@H](C)C(=O)NC(=O)NC)s1)C1CC1. The second-order valence-corrected chi connectivity index (χ2v) is 7.57. The van der Waals surface area contributed by atoms with Gasteiger partial charge in [0.15, 0.2) is 4.34 Å². The number of thioether (sulfide) groups is 1. The molecule has 0 radical (unpaired) electrons. The first kappa shape index (κ1) is 17.7. The van der Waals surface area contributed by atoms with E-state index in [1.807, 2.05) is 6.92 Å². The Balaban J connectivity index is 1.99. The van der Waals surface area contributed by atoms with Gasteiger partial charge in [0.2, 0.25) is 16.9 Å². The number of hydrogen-bond acceptors (Lipinski definition) is 7. The van der Waals surface area contributed by atoms with E-state index in [1.54, 1.807) is 11.8 Å². The lowest BCUT2D eigenvalue weighted by atomic mass is 10.4. The van der Waals surface area contributed by atoms with Crippen LogP contribution in [0.3, 0.4) is 0 Å². The summed E-state index contributed by atoms with van der Waals surface area (Å²) in [7, 11) is 1.44. The third kappa shape index (κ3) is 4.64. The van der Waals surface area contributed by atoms with Gasteiger partial charge in [-0.25, -0.2) is 4.79 Å². The van der Waals surface area contributed by atoms with E-state index >= 15 is 0 Å². The van der Waals surface area contributed by atoms with Crippen molar-refractivity contribution in [1.29, 1.82) is 0 Å². The molecule has 1 aromatic heterocycles. The molecule has 0 aliphatic heterocycles. The van der Waals surface area contributed by atoms with Crippen molar-refractivity contribution in [2.24, 2.45) is 0 Å². The van der Waals surface area contributed by atoms with E-state index < -0.39 is 17.2 Å². The Morgan fingerprint density at radius 3 is 2.65 bits per heavy atom. The monoisotopic (exact) mass is 357 g/mol. The molecule has 2 rings (SSSR count). The summed E-state index contributed by atoms with van der Waals surface area (Å²) in [5.74, 6) is -0.375. The zero-order valence-corrected chi connectivity index (χ0v) is 14.8. The minimum atomic E-state index is -0.547. The number of imide groups is 1. The zero-order valence-electron chi connectivity index (χ0n) is 13.2. The normalized spacial score (nSPS) is 14.9. The number of rotatable bonds is 6. The highest BCUT2D eigenvalue weighted by atomic mass is 32.2. The fourth-order valence-corrected chi connectivity index (χ4v) is 3.87. The molecule has 1 saturated carbocycles. The van der Waals surface area contributed by atoms with Crippen LogP contribution in [-0.4, -0.2) is 46.4 Å². The maximum absolute atomic E-state index is 12.0. The van der Waals surface area contributed by atoms with Gasteiger partial charge < -0.3 is 5.32 Å². The standard InChI is InChI=1S/C13H19N5O3S2/c1-4-9(19)18(8-5-6-8)12-16-17-13(23-12)22-7(2)10(20)15-11(21)14-3/h7-8H,4-6H2,1-3H3,(H2,14,15,20,21)/t7-/m0/s1. The Labute approximate surface area is 142 Å². The molecule has 1 heterocycles. The van der Waals surface area contributed by atoms with Crippen molar-refractivity contribution in [3.63, 3.8) is 0 Å². The minimum Gasteiger partial charge on any atom is -0.341 e. The molecule has 8 nitrogen and oxygen atoms in total. The summed E-state index contributed by atoms with van der Waals surface area (Å²) in [5.41, 5.74) is 0. The van der Waals surface area contributed by atoms with Crippen molar-refractivity contribution in [1.82, 2.24) is 20.8 Å². The number of carbonyl (C=O) groups excluding carboxylic acids is 3. The highest BCUT2D eigenvalue weighted by Gasteiger charge is 2.35. The Kier molecular flexibility index (Phi) is 5.94. The first-order valence-electron chi connectivity index (χ1n) is 7.31. The average Bonchev–Trinajstić information content (AvgIpc) is 3.26. The van der Waals surface area contributed by atoms with E-state index in [1.165, 1.54) is 30.1 Å². The number of amides is 4. The van der Waals surface area contributed by atoms with E-state index in [-0.39, 0.29) is 11.9 Å². The van der Waals surface area contributed by atoms with Crippen molar-refractivity contribution < 1.29 is 14.4 Å². The van der Waals surface area contributed by atoms with Crippen LogP contribution >= 0.6 is 23.1 Å². The third-order valence-corrected chi connectivity index (χ3v) is 5.30. The van der Waals surface area contributed by atoms with E-state index in [2.05, 4.69) is 20.8 Å². The van der Waals surface area contributed by atoms with Crippen LogP contribution < -0.4 is 15.5 Å². The minimum absolute atomic E-state index is 0.0330. The maximum Gasteiger partial charge on any atom is 0.321 e. The lowest BCUT2D eigenvalue weighted by molar-refractivity contribution is -0.119. The second kappa shape index (κ2) is 7.73. The number of aromatic nitrogens is 2. The van der Waals surface area contributed by atoms with E-state index in [0.29, 0.717) is 15.9 Å². The van der Waals surface area contributed by atoms with Gasteiger partial charge >= 0.3 is 6.03 Å². The average molecular weight is 357 g/mol. The van der Waals surface area contributed by atoms with Gasteiger partial charge in [0.1, 0.15) is 0 Å². The molecule has 1 aromatic rings. The van der Waals surface area contributed by atoms with Gasteiger partial charge in [-0.3, -0.25) is 19.8 Å². The molecule has 0 saturated heterocycles. The van der Waals surface area contributed by atoms with Gasteiger partial charge in [-0.05, 0) is 19.8 Å². The third-order valence-electron chi connectivity index (χ3n) is 3.20. The van der Waals surface area contributed by atoms with Gasteiger partial charge in [-0.15, -0.1) is 10.2 Å². The molecule has 4 amide bonds. The molecule has 1 aliphatic carbocycles. The molecule has 126 valence electrons. The predicted octanol–water partition coefficient (Wildman–Crippen LogP) is 1.38. The largest absolute Gasteiger partial charge is 0.341 e. The van der Waals surface area contributed by atoms with Gasteiger partial charge in [-0.1, -0.05) is 30.0 Å². The number of urea groups is 1. The summed E-state index contributed by atoms with van der Waals surface area (Å²) in [6, 6.07) is -0.323. The molecule has 10 heteroatoms. The molecular formula is C13H19N5O3S2. The van der Waals surface area contributed by atoms with E-state index in [9.17, 15) is 14.4 Å². The number of anilines is 1. The van der Waals surface area contributed by atoms with Crippen LogP contribution in [0.1, 0.15) is 33.1 Å². The van der Waals surface area contributed by atoms with E-state index in [4.69, 9.17) is 0 Å². The predicted molar refractivity (Wildman–Crippen MR) is 88.6 cm³/mol. The maximum atomic E-state index is 12.0. The van der Waals surface area contributed by atoms with Crippen molar-refractivity contribution in [3.8, 4) is 0 Å². The van der Waals surface area contributed by atoms with Gasteiger partial charge in [0.05, 0.1) is 5.25 Å². The topological polar surface area (TPSA) is 104 Å². The molecule has 1 atom stereocenters. The fourth-order valence-electron chi connectivity index (χ4n) is 1.80. The Morgan fingerprint density at radius 1 is 1.39 bits per heavy atom. The Hall–Kier alpha value is -1.68. The van der Waals surface area contributed by atoms with Crippen LogP contribution in [0.25, 0.3) is 0 Å². The summed E-state index contributed by atoms with van der Waals surface area (Å²) in [5, 5.41) is 12.7. The quantitative estimate of drug-likeness (QED) is 0.589. The van der Waals surface area contributed by atoms with Crippen LogP contribution in [0.15, 0.2) is 4.34 Å². The van der Waals surface area contributed by atoms with Gasteiger partial charge in [0, 0.05) is 19.5 Å². The summed E-state index contributed by atoms with van der Waals surface area (Å²) < 4.78 is 0.592. The van der Waals surface area contributed by atoms with Crippen LogP contribution in [0.5, 0.6) is 0 Å². The Bertz CT molecular complexity index is 602. The van der Waals surface area contributed by atoms with Gasteiger partial charge in [0.25, 0.3) is 0 Å². The summed E-state index contributed by atoms with van der Waals surface area (Å²) in [6.07, 6.45) is 2.39. The first-order valence-corrected chi connectivity index (χ1v) is 9.00. The number of carbonyl (C=O) groups is 3. The summed E-state index contributed by atoms with van der Waals surface area (Å²) in [6.45, 7) is 3.50. The highest BCUT2D eigenvalue weighted by molar-refractivity contribution is 8.02. The lowest BCUT2D eigenvalue weighted by Gasteiger charge is -2.17. The number of nitrogens with one attached hydrogen (secondary N) is 2. The number of hydrogen-bond donors (Lipinski definition) is 2. The van der Waals surface area contributed by atoms with Crippen molar-refractivity contribution in [2.75, 3.05) is 11.9 Å². The molecule has 0 aromatic carbocycles. The molecule has 2 N–H and O–H groups in total. The molecule has 0 unspecified atom stereocenters. The van der Waals surface area contributed by atoms with Gasteiger partial charge in [-0.2, -0.15) is 0 Å². The summed E-state index contributed by atoms with van der Waals surface area (Å²) in [4.78, 5) is 36.7. The molecule has 0 bridgehead atoms. The molecule has 1 aliphatic rings. The molecule has 23 heavy (non-hydrogen) atoms. The van der Waals surface area contributed by atoms with E-state index in [0.717, 1.165) is 12.8 Å². The smallest absolute Gasteiger partial charge is 0.321 e. The van der Waals surface area contributed by atoms with Crippen LogP contribution in [-0.2, 0) is 9.59 Å². The fraction of sp³-hybridized carbons (Fsp3) is 0.615. The Morgan fingerprint density at radius 2 is 2.09 bits per heavy atom. The van der Waals surface area contributed by atoms with Crippen molar-refractivity contribution >= 4 is 46.1 Å². The highest BCUT2D eigenvalue weighted by Crippen LogP contribution is 2.37. The molecule has 1 fully saturated rings. The zero-order chi connectivity index (χ0) is 17.0. The lowest BCUT2D eigenvalue weighted by Crippen LogP contribution is -2.41. The molecule has 0 spiro atoms. The summed E-state index contributed by atoms with van der Waals surface area (Å²) >= 11 is 2.50. The van der Waals surface area contributed by atoms with Crippen LogP contribution in [0.4, 0.5) is 9.93 Å². The second-order valence-electron chi connectivity index (χ2n) is 5.03. The first-order chi connectivity index (χ1) is 11.0.